The Morgan fingerprint density at radius 2 is 2.00 bits per heavy atom. The molecule has 8 nitrogen and oxygen atoms in total. The molecule has 1 atom stereocenters. The van der Waals surface area contributed by atoms with Crippen LogP contribution >= 0.6 is 0 Å². The molecule has 2 aliphatic rings. The van der Waals surface area contributed by atoms with E-state index in [0.717, 1.165) is 7.11 Å². The number of methoxy groups -OCH3 is 1. The number of hydrogen-bond donors (Lipinski definition) is 0. The topological polar surface area (TPSA) is 85.4 Å². The number of nitrogens with zero attached hydrogens (tertiary/aromatic N) is 2. The van der Waals surface area contributed by atoms with Gasteiger partial charge in [-0.2, -0.15) is 8.42 Å². The van der Waals surface area contributed by atoms with Gasteiger partial charge < -0.3 is 14.4 Å². The summed E-state index contributed by atoms with van der Waals surface area (Å²) in [4.78, 5) is 15.0. The van der Waals surface area contributed by atoms with E-state index in [1.807, 2.05) is 4.90 Å². The van der Waals surface area contributed by atoms with Gasteiger partial charge in [0.1, 0.15) is 17.7 Å². The Morgan fingerprint density at radius 1 is 1.28 bits per heavy atom. The second-order valence-electron chi connectivity index (χ2n) is 5.91. The summed E-state index contributed by atoms with van der Waals surface area (Å²) in [5.74, 6) is -0.911. The molecule has 1 aromatic carbocycles. The van der Waals surface area contributed by atoms with Crippen molar-refractivity contribution in [1.29, 1.82) is 0 Å². The first-order valence-corrected chi connectivity index (χ1v) is 9.24. The van der Waals surface area contributed by atoms with Gasteiger partial charge in [-0.3, -0.25) is 9.08 Å². The van der Waals surface area contributed by atoms with Gasteiger partial charge in [0, 0.05) is 20.2 Å². The second-order valence-corrected chi connectivity index (χ2v) is 7.69. The van der Waals surface area contributed by atoms with E-state index in [2.05, 4.69) is 4.18 Å². The summed E-state index contributed by atoms with van der Waals surface area (Å²) >= 11 is 0. The molecule has 0 N–H and O–H groups in total. The van der Waals surface area contributed by atoms with E-state index in [1.165, 1.54) is 11.0 Å². The van der Waals surface area contributed by atoms with Crippen LogP contribution < -0.4 is 9.80 Å². The van der Waals surface area contributed by atoms with Crippen LogP contribution in [-0.4, -0.2) is 66.3 Å². The summed E-state index contributed by atoms with van der Waals surface area (Å²) in [7, 11) is -1.10. The maximum atomic E-state index is 14.4. The second kappa shape index (κ2) is 6.77. The summed E-state index contributed by atoms with van der Waals surface area (Å²) in [5.41, 5.74) is 0.746. The Labute approximate surface area is 145 Å². The maximum Gasteiger partial charge on any atom is 0.414 e. The van der Waals surface area contributed by atoms with E-state index >= 15 is 0 Å². The quantitative estimate of drug-likeness (QED) is 0.686. The number of rotatable bonds is 6. The predicted octanol–water partition coefficient (Wildman–Crippen LogP) is 0.962. The van der Waals surface area contributed by atoms with Crippen LogP contribution in [-0.2, 0) is 23.8 Å². The summed E-state index contributed by atoms with van der Waals surface area (Å²) < 4.78 is 51.9. The van der Waals surface area contributed by atoms with Crippen LogP contribution in [0.2, 0.25) is 0 Å². The first kappa shape index (κ1) is 17.9. The molecule has 0 spiro atoms. The highest BCUT2D eigenvalue weighted by Gasteiger charge is 2.36. The molecule has 3 rings (SSSR count). The molecule has 2 fully saturated rings. The van der Waals surface area contributed by atoms with Crippen molar-refractivity contribution in [3.63, 3.8) is 0 Å². The molecular formula is C15H19FN2O6S. The zero-order valence-corrected chi connectivity index (χ0v) is 14.7. The van der Waals surface area contributed by atoms with Gasteiger partial charge >= 0.3 is 6.09 Å². The number of cyclic esters (lactones) is 1. The molecule has 0 saturated carbocycles. The normalized spacial score (nSPS) is 21.4. The van der Waals surface area contributed by atoms with Crippen molar-refractivity contribution in [1.82, 2.24) is 0 Å². The number of carbonyl (C=O) groups excluding carboxylic acids is 1. The van der Waals surface area contributed by atoms with Crippen LogP contribution in [0.4, 0.5) is 20.6 Å². The fraction of sp³-hybridized carbons (Fsp3) is 0.533. The predicted molar refractivity (Wildman–Crippen MR) is 87.8 cm³/mol. The van der Waals surface area contributed by atoms with Crippen LogP contribution in [0.1, 0.15) is 0 Å². The smallest absolute Gasteiger partial charge is 0.414 e. The molecule has 138 valence electrons. The average Bonchev–Trinajstić information content (AvgIpc) is 2.87. The number of hydrogen-bond acceptors (Lipinski definition) is 7. The lowest BCUT2D eigenvalue weighted by Gasteiger charge is -2.40. The van der Waals surface area contributed by atoms with Crippen molar-refractivity contribution in [2.45, 2.75) is 12.2 Å². The Bertz CT molecular complexity index is 765. The van der Waals surface area contributed by atoms with Gasteiger partial charge in [0.25, 0.3) is 10.1 Å². The number of halogens is 1. The lowest BCUT2D eigenvalue weighted by Crippen LogP contribution is -2.52. The highest BCUT2D eigenvalue weighted by atomic mass is 32.2. The lowest BCUT2D eigenvalue weighted by atomic mass is 10.1. The zero-order valence-electron chi connectivity index (χ0n) is 13.8. The average molecular weight is 374 g/mol. The van der Waals surface area contributed by atoms with Crippen LogP contribution in [0.15, 0.2) is 18.2 Å². The Hall–Kier alpha value is -1.91. The Morgan fingerprint density at radius 3 is 2.60 bits per heavy atom. The highest BCUT2D eigenvalue weighted by molar-refractivity contribution is 7.86. The third-order valence-electron chi connectivity index (χ3n) is 4.28. The zero-order chi connectivity index (χ0) is 18.2. The van der Waals surface area contributed by atoms with Gasteiger partial charge in [-0.1, -0.05) is 0 Å². The van der Waals surface area contributed by atoms with Gasteiger partial charge in [-0.05, 0) is 18.2 Å². The molecule has 10 heteroatoms. The third kappa shape index (κ3) is 3.70. The lowest BCUT2D eigenvalue weighted by molar-refractivity contribution is 0.0784. The molecule has 0 bridgehead atoms. The number of anilines is 2. The minimum absolute atomic E-state index is 0.00960. The van der Waals surface area contributed by atoms with Crippen molar-refractivity contribution in [2.75, 3.05) is 49.4 Å². The molecule has 25 heavy (non-hydrogen) atoms. The fourth-order valence-electron chi connectivity index (χ4n) is 2.82. The van der Waals surface area contributed by atoms with Crippen molar-refractivity contribution in [3.8, 4) is 0 Å². The molecule has 0 aliphatic carbocycles. The van der Waals surface area contributed by atoms with Gasteiger partial charge in [-0.15, -0.1) is 0 Å². The minimum Gasteiger partial charge on any atom is -0.443 e. The molecule has 2 heterocycles. The molecule has 0 aromatic heterocycles. The number of carbonyl (C=O) groups is 1. The summed E-state index contributed by atoms with van der Waals surface area (Å²) in [6.45, 7) is 1.22. The molecule has 2 aliphatic heterocycles. The third-order valence-corrected chi connectivity index (χ3v) is 5.57. The Kier molecular flexibility index (Phi) is 4.85. The van der Waals surface area contributed by atoms with E-state index in [4.69, 9.17) is 9.47 Å². The Balaban J connectivity index is 1.70. The summed E-state index contributed by atoms with van der Waals surface area (Å²) in [6, 6.07) is 4.43. The van der Waals surface area contributed by atoms with E-state index in [9.17, 15) is 17.6 Å². The molecule has 1 aromatic rings. The number of ether oxygens (including phenoxy) is 2. The van der Waals surface area contributed by atoms with Crippen molar-refractivity contribution < 1.29 is 31.3 Å². The summed E-state index contributed by atoms with van der Waals surface area (Å²) in [6.07, 6.45) is -1.49. The maximum absolute atomic E-state index is 14.4. The molecule has 1 amide bonds. The molecule has 2 saturated heterocycles. The summed E-state index contributed by atoms with van der Waals surface area (Å²) in [5, 5.41) is 0. The standard InChI is InChI=1S/C15H19FN2O6S/c1-22-11-6-17(7-11)14-4-3-10(5-13(14)16)18-8-12(24-15(18)19)9-25(20,21)23-2/h3-5,11-12H,6-9H2,1-2H3. The first-order valence-electron chi connectivity index (χ1n) is 7.66. The fourth-order valence-corrected chi connectivity index (χ4v) is 3.58. The molecular weight excluding hydrogens is 355 g/mol. The van der Waals surface area contributed by atoms with Crippen molar-refractivity contribution in [3.05, 3.63) is 24.0 Å². The SMILES string of the molecule is COC1CN(c2ccc(N3CC(CS(=O)(=O)OC)OC3=O)cc2F)C1. The van der Waals surface area contributed by atoms with Crippen molar-refractivity contribution in [2.24, 2.45) is 0 Å². The number of amides is 1. The van der Waals surface area contributed by atoms with E-state index in [-0.39, 0.29) is 12.6 Å². The van der Waals surface area contributed by atoms with E-state index in [0.29, 0.717) is 24.5 Å². The van der Waals surface area contributed by atoms with Gasteiger partial charge in [-0.25, -0.2) is 9.18 Å². The largest absolute Gasteiger partial charge is 0.443 e. The van der Waals surface area contributed by atoms with Crippen molar-refractivity contribution >= 4 is 27.6 Å². The highest BCUT2D eigenvalue weighted by Crippen LogP contribution is 2.30. The van der Waals surface area contributed by atoms with E-state index in [1.54, 1.807) is 19.2 Å². The van der Waals surface area contributed by atoms with Crippen LogP contribution in [0.3, 0.4) is 0 Å². The first-order chi connectivity index (χ1) is 11.8. The van der Waals surface area contributed by atoms with Crippen LogP contribution in [0, 0.1) is 5.82 Å². The monoisotopic (exact) mass is 374 g/mol. The van der Waals surface area contributed by atoms with E-state index < -0.39 is 33.9 Å². The van der Waals surface area contributed by atoms with Gasteiger partial charge in [0.2, 0.25) is 0 Å². The van der Waals surface area contributed by atoms with Crippen LogP contribution in [0.25, 0.3) is 0 Å². The van der Waals surface area contributed by atoms with Crippen LogP contribution in [0.5, 0.6) is 0 Å². The molecule has 0 radical (unpaired) electrons. The van der Waals surface area contributed by atoms with Gasteiger partial charge in [0.05, 0.1) is 31.1 Å². The van der Waals surface area contributed by atoms with Gasteiger partial charge in [0.15, 0.2) is 0 Å². The number of benzene rings is 1. The molecule has 1 unspecified atom stereocenters. The minimum atomic E-state index is -3.76.